The van der Waals surface area contributed by atoms with Gasteiger partial charge in [-0.25, -0.2) is 19.9 Å². The van der Waals surface area contributed by atoms with Gasteiger partial charge in [0.15, 0.2) is 0 Å². The van der Waals surface area contributed by atoms with Gasteiger partial charge in [0.25, 0.3) is 5.91 Å². The lowest BCUT2D eigenvalue weighted by Gasteiger charge is -2.27. The van der Waals surface area contributed by atoms with Gasteiger partial charge < -0.3 is 20.1 Å². The third kappa shape index (κ3) is 5.69. The largest absolute Gasteiger partial charge is 0.491 e. The molecule has 0 aliphatic carbocycles. The number of carbonyl (C=O) groups excluding carboxylic acids is 1. The summed E-state index contributed by atoms with van der Waals surface area (Å²) in [4.78, 5) is 28.8. The van der Waals surface area contributed by atoms with Crippen molar-refractivity contribution in [2.24, 2.45) is 0 Å². The van der Waals surface area contributed by atoms with Gasteiger partial charge in [0.2, 0.25) is 5.95 Å². The van der Waals surface area contributed by atoms with Crippen LogP contribution in [0.15, 0.2) is 43.0 Å². The number of nitrogens with one attached hydrogen (secondary N) is 2. The Morgan fingerprint density at radius 1 is 1.15 bits per heavy atom. The molecule has 2 N–H and O–H groups in total. The molecule has 34 heavy (non-hydrogen) atoms. The lowest BCUT2D eigenvalue weighted by atomic mass is 9.94. The number of nitrogens with zero attached hydrogens (tertiary/aromatic N) is 4. The first-order valence-electron chi connectivity index (χ1n) is 10.4. The fourth-order valence-electron chi connectivity index (χ4n) is 3.45. The van der Waals surface area contributed by atoms with Crippen LogP contribution >= 0.6 is 0 Å². The minimum absolute atomic E-state index is 0.0158. The van der Waals surface area contributed by atoms with Crippen LogP contribution in [0.25, 0.3) is 11.1 Å². The van der Waals surface area contributed by atoms with Gasteiger partial charge in [0.1, 0.15) is 12.4 Å². The first kappa shape index (κ1) is 23.2. The quantitative estimate of drug-likeness (QED) is 0.538. The fraction of sp³-hybridized carbons (Fsp3) is 0.318. The molecule has 0 radical (unpaired) electrons. The normalized spacial score (nSPS) is 15.1. The van der Waals surface area contributed by atoms with Crippen LogP contribution in [0.4, 0.5) is 19.1 Å². The number of aromatic nitrogens is 4. The minimum Gasteiger partial charge on any atom is -0.491 e. The van der Waals surface area contributed by atoms with Crippen LogP contribution in [0.1, 0.15) is 22.3 Å². The van der Waals surface area contributed by atoms with Crippen LogP contribution in [0.2, 0.25) is 0 Å². The Hall–Kier alpha value is -3.96. The minimum atomic E-state index is -4.27. The lowest BCUT2D eigenvalue weighted by molar-refractivity contribution is -0.131. The topological polar surface area (TPSA) is 111 Å². The third-order valence-electron chi connectivity index (χ3n) is 5.09. The number of alkyl halides is 3. The third-order valence-corrected chi connectivity index (χ3v) is 5.09. The number of anilines is 1. The molecule has 0 fully saturated rings. The standard InChI is InChI=1S/C22H21F3N6O3/c1-33-21-29-8-13(9-30-21)16-3-2-4-18-17(16)7-15(12-34-18)31-19(32)14-10-27-20(28-11-14)26-6-5-22(23,24)25/h2-4,8-11,15H,5-7,12H2,1H3,(H,31,32)(H,26,27,28)/t15-/m0/s1. The van der Waals surface area contributed by atoms with Crippen molar-refractivity contribution >= 4 is 11.9 Å². The van der Waals surface area contributed by atoms with Gasteiger partial charge in [0, 0.05) is 48.9 Å². The molecule has 0 saturated heterocycles. The highest BCUT2D eigenvalue weighted by Crippen LogP contribution is 2.34. The number of ether oxygens (including phenoxy) is 2. The summed E-state index contributed by atoms with van der Waals surface area (Å²) in [5.74, 6) is 0.322. The molecular formula is C22H21F3N6O3. The highest BCUT2D eigenvalue weighted by Gasteiger charge is 2.27. The Bertz CT molecular complexity index is 1140. The number of fused-ring (bicyclic) bond motifs is 1. The molecule has 178 valence electrons. The van der Waals surface area contributed by atoms with Gasteiger partial charge in [-0.05, 0) is 11.6 Å². The Morgan fingerprint density at radius 3 is 2.56 bits per heavy atom. The van der Waals surface area contributed by atoms with Crippen LogP contribution in [0.3, 0.4) is 0 Å². The monoisotopic (exact) mass is 474 g/mol. The summed E-state index contributed by atoms with van der Waals surface area (Å²) >= 11 is 0. The smallest absolute Gasteiger partial charge is 0.390 e. The zero-order valence-electron chi connectivity index (χ0n) is 18.1. The molecule has 1 amide bonds. The fourth-order valence-corrected chi connectivity index (χ4v) is 3.45. The maximum atomic E-state index is 12.7. The van der Waals surface area contributed by atoms with Crippen molar-refractivity contribution in [3.05, 3.63) is 54.1 Å². The second-order valence-electron chi connectivity index (χ2n) is 7.51. The van der Waals surface area contributed by atoms with E-state index in [9.17, 15) is 18.0 Å². The number of rotatable bonds is 7. The first-order chi connectivity index (χ1) is 16.3. The van der Waals surface area contributed by atoms with E-state index < -0.39 is 18.5 Å². The van der Waals surface area contributed by atoms with Gasteiger partial charge in [0.05, 0.1) is 25.1 Å². The van der Waals surface area contributed by atoms with Gasteiger partial charge in [-0.3, -0.25) is 4.79 Å². The van der Waals surface area contributed by atoms with Crippen molar-refractivity contribution in [1.29, 1.82) is 0 Å². The number of carbonyl (C=O) groups is 1. The molecule has 12 heteroatoms. The van der Waals surface area contributed by atoms with E-state index in [2.05, 4.69) is 30.6 Å². The average molecular weight is 474 g/mol. The molecule has 0 spiro atoms. The number of benzene rings is 1. The van der Waals surface area contributed by atoms with E-state index in [1.165, 1.54) is 19.5 Å². The molecule has 0 saturated carbocycles. The molecule has 2 aromatic heterocycles. The highest BCUT2D eigenvalue weighted by molar-refractivity contribution is 5.94. The SMILES string of the molecule is COc1ncc(-c2cccc3c2C[C@H](NC(=O)c2cnc(NCCC(F)(F)F)nc2)CO3)cn1. The van der Waals surface area contributed by atoms with Crippen LogP contribution in [-0.4, -0.2) is 58.3 Å². The van der Waals surface area contributed by atoms with E-state index in [1.54, 1.807) is 12.4 Å². The Kier molecular flexibility index (Phi) is 6.75. The number of amides is 1. The van der Waals surface area contributed by atoms with E-state index in [-0.39, 0.29) is 36.7 Å². The predicted molar refractivity (Wildman–Crippen MR) is 116 cm³/mol. The maximum absolute atomic E-state index is 12.7. The molecule has 1 aromatic carbocycles. The Labute approximate surface area is 192 Å². The van der Waals surface area contributed by atoms with E-state index in [0.717, 1.165) is 22.4 Å². The molecule has 3 aromatic rings. The summed E-state index contributed by atoms with van der Waals surface area (Å²) < 4.78 is 47.6. The second kappa shape index (κ2) is 9.89. The highest BCUT2D eigenvalue weighted by atomic mass is 19.4. The zero-order chi connectivity index (χ0) is 24.1. The number of hydrogen-bond acceptors (Lipinski definition) is 8. The van der Waals surface area contributed by atoms with Crippen LogP contribution in [0.5, 0.6) is 11.8 Å². The summed E-state index contributed by atoms with van der Waals surface area (Å²) in [5.41, 5.74) is 2.77. The Balaban J connectivity index is 1.40. The van der Waals surface area contributed by atoms with Crippen molar-refractivity contribution in [1.82, 2.24) is 25.3 Å². The van der Waals surface area contributed by atoms with Crippen molar-refractivity contribution < 1.29 is 27.4 Å². The summed E-state index contributed by atoms with van der Waals surface area (Å²) in [7, 11) is 1.49. The molecular weight excluding hydrogens is 453 g/mol. The van der Waals surface area contributed by atoms with Crippen LogP contribution < -0.4 is 20.1 Å². The molecule has 4 rings (SSSR count). The Morgan fingerprint density at radius 2 is 1.88 bits per heavy atom. The molecule has 0 unspecified atom stereocenters. The first-order valence-corrected chi connectivity index (χ1v) is 10.4. The van der Waals surface area contributed by atoms with Gasteiger partial charge in [-0.15, -0.1) is 0 Å². The van der Waals surface area contributed by atoms with E-state index in [0.29, 0.717) is 6.42 Å². The summed E-state index contributed by atoms with van der Waals surface area (Å²) in [6.07, 6.45) is 1.07. The molecule has 1 atom stereocenters. The summed E-state index contributed by atoms with van der Waals surface area (Å²) in [5, 5.41) is 5.37. The molecule has 1 aliphatic heterocycles. The number of hydrogen-bond donors (Lipinski definition) is 2. The van der Waals surface area contributed by atoms with Crippen molar-refractivity contribution in [2.45, 2.75) is 25.1 Å². The lowest BCUT2D eigenvalue weighted by Crippen LogP contribution is -2.43. The maximum Gasteiger partial charge on any atom is 0.390 e. The summed E-state index contributed by atoms with van der Waals surface area (Å²) in [6, 6.07) is 5.61. The van der Waals surface area contributed by atoms with E-state index in [4.69, 9.17) is 9.47 Å². The van der Waals surface area contributed by atoms with Gasteiger partial charge in [-0.1, -0.05) is 12.1 Å². The van der Waals surface area contributed by atoms with Gasteiger partial charge in [-0.2, -0.15) is 13.2 Å². The number of methoxy groups -OCH3 is 1. The van der Waals surface area contributed by atoms with Gasteiger partial charge >= 0.3 is 12.2 Å². The molecule has 9 nitrogen and oxygen atoms in total. The number of halogens is 3. The zero-order valence-corrected chi connectivity index (χ0v) is 18.1. The molecule has 3 heterocycles. The average Bonchev–Trinajstić information content (AvgIpc) is 2.83. The predicted octanol–water partition coefficient (Wildman–Crippen LogP) is 3.04. The van der Waals surface area contributed by atoms with Crippen LogP contribution in [-0.2, 0) is 6.42 Å². The van der Waals surface area contributed by atoms with E-state index >= 15 is 0 Å². The second-order valence-corrected chi connectivity index (χ2v) is 7.51. The van der Waals surface area contributed by atoms with Crippen LogP contribution in [0, 0.1) is 0 Å². The molecule has 0 bridgehead atoms. The molecule has 1 aliphatic rings. The van der Waals surface area contributed by atoms with Crippen molar-refractivity contribution in [2.75, 3.05) is 25.6 Å². The van der Waals surface area contributed by atoms with Crippen molar-refractivity contribution in [3.63, 3.8) is 0 Å². The van der Waals surface area contributed by atoms with E-state index in [1.807, 2.05) is 18.2 Å². The summed E-state index contributed by atoms with van der Waals surface area (Å²) in [6.45, 7) is -0.0747. The van der Waals surface area contributed by atoms with Crippen molar-refractivity contribution in [3.8, 4) is 22.9 Å².